The summed E-state index contributed by atoms with van der Waals surface area (Å²) in [5, 5.41) is 0. The average molecular weight is 268 g/mol. The van der Waals surface area contributed by atoms with Crippen molar-refractivity contribution < 1.29 is 0 Å². The van der Waals surface area contributed by atoms with E-state index in [9.17, 15) is 0 Å². The Labute approximate surface area is 116 Å². The van der Waals surface area contributed by atoms with Gasteiger partial charge in [0.1, 0.15) is 17.5 Å². The molecule has 6 heteroatoms. The van der Waals surface area contributed by atoms with Gasteiger partial charge < -0.3 is 10.4 Å². The first-order valence-corrected chi connectivity index (χ1v) is 6.41. The lowest BCUT2D eigenvalue weighted by Crippen LogP contribution is -2.13. The highest BCUT2D eigenvalue weighted by molar-refractivity contribution is 5.74. The smallest absolute Gasteiger partial charge is 0.146 e. The topological polar surface area (TPSA) is 92.5 Å². The lowest BCUT2D eigenvalue weighted by molar-refractivity contribution is 0.890. The number of benzene rings is 1. The normalized spacial score (nSPS) is 10.9. The van der Waals surface area contributed by atoms with Crippen LogP contribution in [0.4, 0.5) is 5.82 Å². The van der Waals surface area contributed by atoms with Gasteiger partial charge in [-0.3, -0.25) is 0 Å². The van der Waals surface area contributed by atoms with Crippen molar-refractivity contribution in [3.8, 4) is 0 Å². The molecule has 0 aliphatic rings. The van der Waals surface area contributed by atoms with Crippen LogP contribution in [0.3, 0.4) is 0 Å². The molecule has 0 saturated heterocycles. The number of anilines is 1. The minimum atomic E-state index is 0.546. The van der Waals surface area contributed by atoms with Gasteiger partial charge in [0, 0.05) is 11.3 Å². The number of nitrogens with two attached hydrogens (primary N) is 1. The van der Waals surface area contributed by atoms with Crippen molar-refractivity contribution in [1.82, 2.24) is 19.9 Å². The van der Waals surface area contributed by atoms with E-state index in [1.54, 1.807) is 0 Å². The average Bonchev–Trinajstić information content (AvgIpc) is 2.84. The first kappa shape index (κ1) is 12.6. The predicted octanol–water partition coefficient (Wildman–Crippen LogP) is 1.85. The van der Waals surface area contributed by atoms with Gasteiger partial charge in [-0.1, -0.05) is 12.1 Å². The molecule has 0 spiro atoms. The second-order valence-electron chi connectivity index (χ2n) is 4.72. The highest BCUT2D eigenvalue weighted by atomic mass is 15.3. The van der Waals surface area contributed by atoms with Crippen LogP contribution in [0.15, 0.2) is 24.3 Å². The van der Waals surface area contributed by atoms with Crippen molar-refractivity contribution in [1.29, 1.82) is 0 Å². The summed E-state index contributed by atoms with van der Waals surface area (Å²) in [6.45, 7) is 3.88. The van der Waals surface area contributed by atoms with Crippen molar-refractivity contribution in [3.05, 3.63) is 47.2 Å². The highest BCUT2D eigenvalue weighted by Crippen LogP contribution is 2.16. The quantitative estimate of drug-likeness (QED) is 0.498. The monoisotopic (exact) mass is 268 g/mol. The minimum absolute atomic E-state index is 0.546. The van der Waals surface area contributed by atoms with Crippen molar-refractivity contribution in [2.24, 2.45) is 5.84 Å². The van der Waals surface area contributed by atoms with E-state index in [4.69, 9.17) is 5.84 Å². The largest absolute Gasteiger partial charge is 0.342 e. The van der Waals surface area contributed by atoms with Gasteiger partial charge in [-0.25, -0.2) is 20.8 Å². The molecule has 0 amide bonds. The Morgan fingerprint density at radius 1 is 1.15 bits per heavy atom. The molecule has 0 unspecified atom stereocenters. The summed E-state index contributed by atoms with van der Waals surface area (Å²) in [6.07, 6.45) is 0.546. The van der Waals surface area contributed by atoms with E-state index in [0.717, 1.165) is 28.1 Å². The van der Waals surface area contributed by atoms with Crippen LogP contribution in [-0.2, 0) is 6.42 Å². The van der Waals surface area contributed by atoms with Gasteiger partial charge in [0.2, 0.25) is 0 Å². The van der Waals surface area contributed by atoms with E-state index in [1.165, 1.54) is 0 Å². The number of hydrogen-bond donors (Lipinski definition) is 3. The third-order valence-corrected chi connectivity index (χ3v) is 3.34. The van der Waals surface area contributed by atoms with Gasteiger partial charge >= 0.3 is 0 Å². The molecule has 0 saturated carbocycles. The molecule has 2 aromatic heterocycles. The van der Waals surface area contributed by atoms with Crippen molar-refractivity contribution >= 4 is 16.9 Å². The van der Waals surface area contributed by atoms with E-state index in [1.807, 2.05) is 38.1 Å². The zero-order chi connectivity index (χ0) is 14.1. The number of hydrogen-bond acceptors (Lipinski definition) is 5. The summed E-state index contributed by atoms with van der Waals surface area (Å²) in [5.41, 5.74) is 6.45. The molecule has 0 fully saturated rings. The second-order valence-corrected chi connectivity index (χ2v) is 4.72. The van der Waals surface area contributed by atoms with Gasteiger partial charge in [-0.2, -0.15) is 0 Å². The number of aromatic amines is 1. The van der Waals surface area contributed by atoms with Crippen molar-refractivity contribution in [3.63, 3.8) is 0 Å². The fourth-order valence-electron chi connectivity index (χ4n) is 2.15. The molecule has 2 heterocycles. The predicted molar refractivity (Wildman–Crippen MR) is 78.2 cm³/mol. The van der Waals surface area contributed by atoms with E-state index in [2.05, 4.69) is 25.4 Å². The summed E-state index contributed by atoms with van der Waals surface area (Å²) in [7, 11) is 0. The maximum atomic E-state index is 5.48. The lowest BCUT2D eigenvalue weighted by atomic mass is 10.2. The summed E-state index contributed by atoms with van der Waals surface area (Å²) >= 11 is 0. The number of para-hydroxylation sites is 2. The molecular formula is C14H16N6. The van der Waals surface area contributed by atoms with Crippen molar-refractivity contribution in [2.75, 3.05) is 5.43 Å². The van der Waals surface area contributed by atoms with Crippen LogP contribution in [0.1, 0.15) is 22.9 Å². The molecule has 102 valence electrons. The van der Waals surface area contributed by atoms with Crippen LogP contribution >= 0.6 is 0 Å². The molecule has 1 aromatic carbocycles. The summed E-state index contributed by atoms with van der Waals surface area (Å²) < 4.78 is 0. The van der Waals surface area contributed by atoms with E-state index in [0.29, 0.717) is 18.1 Å². The zero-order valence-electron chi connectivity index (χ0n) is 11.4. The van der Waals surface area contributed by atoms with Gasteiger partial charge in [0.05, 0.1) is 17.5 Å². The fraction of sp³-hybridized carbons (Fsp3) is 0.214. The van der Waals surface area contributed by atoms with E-state index in [-0.39, 0.29) is 0 Å². The molecule has 20 heavy (non-hydrogen) atoms. The van der Waals surface area contributed by atoms with Gasteiger partial charge in [-0.05, 0) is 26.0 Å². The Hall–Kier alpha value is -2.47. The third kappa shape index (κ3) is 2.21. The molecule has 4 N–H and O–H groups in total. The van der Waals surface area contributed by atoms with Crippen LogP contribution in [-0.4, -0.2) is 19.9 Å². The first-order valence-electron chi connectivity index (χ1n) is 6.41. The van der Waals surface area contributed by atoms with Crippen LogP contribution in [0, 0.1) is 13.8 Å². The summed E-state index contributed by atoms with van der Waals surface area (Å²) in [6, 6.07) is 7.92. The number of rotatable bonds is 3. The molecule has 0 aliphatic carbocycles. The van der Waals surface area contributed by atoms with E-state index >= 15 is 0 Å². The number of hydrazine groups is 1. The summed E-state index contributed by atoms with van der Waals surface area (Å²) in [5.74, 6) is 7.67. The van der Waals surface area contributed by atoms with Crippen LogP contribution in [0.25, 0.3) is 11.0 Å². The van der Waals surface area contributed by atoms with Crippen molar-refractivity contribution in [2.45, 2.75) is 20.3 Å². The summed E-state index contributed by atoms with van der Waals surface area (Å²) in [4.78, 5) is 16.7. The van der Waals surface area contributed by atoms with Crippen LogP contribution in [0.2, 0.25) is 0 Å². The highest BCUT2D eigenvalue weighted by Gasteiger charge is 2.10. The molecule has 3 rings (SSSR count). The number of aromatic nitrogens is 4. The number of aryl methyl sites for hydroxylation is 1. The molecule has 6 nitrogen and oxygen atoms in total. The zero-order valence-corrected chi connectivity index (χ0v) is 11.4. The molecular weight excluding hydrogens is 252 g/mol. The maximum absolute atomic E-state index is 5.48. The number of imidazole rings is 1. The minimum Gasteiger partial charge on any atom is -0.342 e. The first-order chi connectivity index (χ1) is 9.67. The third-order valence-electron chi connectivity index (χ3n) is 3.34. The fourth-order valence-corrected chi connectivity index (χ4v) is 2.15. The number of H-pyrrole nitrogens is 1. The number of nitrogen functional groups attached to an aromatic ring is 1. The lowest BCUT2D eigenvalue weighted by Gasteiger charge is -2.08. The SMILES string of the molecule is Cc1nc(Cc2nc3ccccc3[nH]2)nc(NN)c1C. The van der Waals surface area contributed by atoms with Crippen LogP contribution < -0.4 is 11.3 Å². The number of nitrogens with one attached hydrogen (secondary N) is 2. The molecule has 0 atom stereocenters. The van der Waals surface area contributed by atoms with Gasteiger partial charge in [0.25, 0.3) is 0 Å². The number of nitrogens with zero attached hydrogens (tertiary/aromatic N) is 3. The van der Waals surface area contributed by atoms with Crippen LogP contribution in [0.5, 0.6) is 0 Å². The Morgan fingerprint density at radius 3 is 2.70 bits per heavy atom. The Balaban J connectivity index is 1.96. The maximum Gasteiger partial charge on any atom is 0.146 e. The Morgan fingerprint density at radius 2 is 1.95 bits per heavy atom. The molecule has 0 radical (unpaired) electrons. The van der Waals surface area contributed by atoms with E-state index < -0.39 is 0 Å². The molecule has 3 aromatic rings. The second kappa shape index (κ2) is 4.90. The van der Waals surface area contributed by atoms with Gasteiger partial charge in [0.15, 0.2) is 0 Å². The molecule has 0 bridgehead atoms. The Bertz CT molecular complexity index is 728. The standard InChI is InChI=1S/C14H16N6/c1-8-9(2)16-12(19-14(8)20-15)7-13-17-10-5-3-4-6-11(10)18-13/h3-6H,7,15H2,1-2H3,(H,17,18)(H,16,19,20). The Kier molecular flexibility index (Phi) is 3.08. The number of fused-ring (bicyclic) bond motifs is 1. The van der Waals surface area contributed by atoms with Gasteiger partial charge in [-0.15, -0.1) is 0 Å². The molecule has 0 aliphatic heterocycles.